The molecular formula is C33H23NO3S. The Balaban J connectivity index is 1.60. The number of benzene rings is 4. The Morgan fingerprint density at radius 2 is 1.42 bits per heavy atom. The molecular weight excluding hydrogens is 490 g/mol. The number of hydrogen-bond acceptors (Lipinski definition) is 4. The zero-order valence-electron chi connectivity index (χ0n) is 20.6. The van der Waals surface area contributed by atoms with Crippen LogP contribution in [0, 0.1) is 0 Å². The zero-order valence-corrected chi connectivity index (χ0v) is 21.4. The van der Waals surface area contributed by atoms with Crippen molar-refractivity contribution in [3.8, 4) is 28.2 Å². The lowest BCUT2D eigenvalue weighted by Gasteiger charge is -2.15. The number of aromatic nitrogens is 1. The second-order valence-electron chi connectivity index (χ2n) is 8.88. The van der Waals surface area contributed by atoms with Crippen molar-refractivity contribution in [1.29, 1.82) is 0 Å². The Kier molecular flexibility index (Phi) is 6.28. The summed E-state index contributed by atoms with van der Waals surface area (Å²) in [5, 5.41) is 0. The molecule has 0 saturated carbocycles. The van der Waals surface area contributed by atoms with E-state index in [4.69, 9.17) is 4.74 Å². The summed E-state index contributed by atoms with van der Waals surface area (Å²) in [5.74, 6) is -0.335. The van der Waals surface area contributed by atoms with Crippen molar-refractivity contribution in [2.24, 2.45) is 0 Å². The minimum Gasteiger partial charge on any atom is -0.465 e. The van der Waals surface area contributed by atoms with Gasteiger partial charge in [0.2, 0.25) is 5.78 Å². The molecule has 1 aliphatic heterocycles. The number of ether oxygens (including phenoxy) is 1. The van der Waals surface area contributed by atoms with Crippen LogP contribution < -0.4 is 0 Å². The normalized spacial score (nSPS) is 13.5. The van der Waals surface area contributed by atoms with Crippen molar-refractivity contribution >= 4 is 29.6 Å². The van der Waals surface area contributed by atoms with Gasteiger partial charge >= 0.3 is 5.97 Å². The maximum absolute atomic E-state index is 13.3. The van der Waals surface area contributed by atoms with E-state index < -0.39 is 0 Å². The average molecular weight is 514 g/mol. The Labute approximate surface area is 225 Å². The Morgan fingerprint density at radius 3 is 2.08 bits per heavy atom. The first-order valence-electron chi connectivity index (χ1n) is 12.2. The number of ketones is 1. The van der Waals surface area contributed by atoms with Crippen LogP contribution in [0.5, 0.6) is 0 Å². The van der Waals surface area contributed by atoms with Crippen molar-refractivity contribution in [3.63, 3.8) is 0 Å². The summed E-state index contributed by atoms with van der Waals surface area (Å²) in [6.07, 6.45) is 2.00. The minimum absolute atomic E-state index is 0.0426. The summed E-state index contributed by atoms with van der Waals surface area (Å²) in [7, 11) is 1.38. The third-order valence-electron chi connectivity index (χ3n) is 6.56. The minimum atomic E-state index is -0.377. The van der Waals surface area contributed by atoms with Crippen LogP contribution in [0.15, 0.2) is 125 Å². The molecule has 4 aromatic carbocycles. The maximum atomic E-state index is 13.3. The van der Waals surface area contributed by atoms with Gasteiger partial charge in [-0.3, -0.25) is 4.79 Å². The summed E-state index contributed by atoms with van der Waals surface area (Å²) >= 11 is 1.51. The van der Waals surface area contributed by atoms with E-state index in [2.05, 4.69) is 34.9 Å². The summed E-state index contributed by atoms with van der Waals surface area (Å²) in [6.45, 7) is 0. The first kappa shape index (κ1) is 23.8. The third-order valence-corrected chi connectivity index (χ3v) is 7.65. The van der Waals surface area contributed by atoms with Crippen molar-refractivity contribution in [3.05, 3.63) is 137 Å². The van der Waals surface area contributed by atoms with E-state index in [1.807, 2.05) is 78.9 Å². The molecule has 5 heteroatoms. The highest BCUT2D eigenvalue weighted by molar-refractivity contribution is 8.04. The van der Waals surface area contributed by atoms with Crippen LogP contribution in [0.3, 0.4) is 0 Å². The van der Waals surface area contributed by atoms with E-state index in [0.29, 0.717) is 10.5 Å². The van der Waals surface area contributed by atoms with Gasteiger partial charge in [0, 0.05) is 21.7 Å². The van der Waals surface area contributed by atoms with E-state index in [1.54, 1.807) is 12.1 Å². The fourth-order valence-corrected chi connectivity index (χ4v) is 5.81. The lowest BCUT2D eigenvalue weighted by molar-refractivity contribution is 0.0600. The summed E-state index contributed by atoms with van der Waals surface area (Å²) in [6, 6.07) is 37.6. The largest absolute Gasteiger partial charge is 0.465 e. The Morgan fingerprint density at radius 1 is 0.789 bits per heavy atom. The van der Waals surface area contributed by atoms with Gasteiger partial charge in [-0.2, -0.15) is 0 Å². The molecule has 4 nitrogen and oxygen atoms in total. The number of allylic oxidation sites excluding steroid dienone is 1. The molecule has 0 radical (unpaired) electrons. The predicted molar refractivity (Wildman–Crippen MR) is 153 cm³/mol. The van der Waals surface area contributed by atoms with Gasteiger partial charge in [0.25, 0.3) is 0 Å². The van der Waals surface area contributed by atoms with E-state index in [9.17, 15) is 9.59 Å². The van der Waals surface area contributed by atoms with Crippen molar-refractivity contribution in [2.45, 2.75) is 4.90 Å². The number of fused-ring (bicyclic) bond motifs is 1. The second-order valence-corrected chi connectivity index (χ2v) is 9.96. The van der Waals surface area contributed by atoms with Crippen molar-refractivity contribution in [2.75, 3.05) is 7.11 Å². The van der Waals surface area contributed by atoms with Gasteiger partial charge in [-0.15, -0.1) is 0 Å². The smallest absolute Gasteiger partial charge is 0.337 e. The van der Waals surface area contributed by atoms with Crippen LogP contribution in [0.25, 0.3) is 34.3 Å². The van der Waals surface area contributed by atoms with Crippen molar-refractivity contribution < 1.29 is 14.3 Å². The molecule has 0 aliphatic carbocycles. The van der Waals surface area contributed by atoms with Crippen LogP contribution >= 0.6 is 11.8 Å². The summed E-state index contributed by atoms with van der Waals surface area (Å²) in [4.78, 5) is 27.0. The summed E-state index contributed by atoms with van der Waals surface area (Å²) < 4.78 is 7.09. The number of methoxy groups -OCH3 is 1. The van der Waals surface area contributed by atoms with Crippen LogP contribution in [-0.2, 0) is 4.74 Å². The number of hydrogen-bond donors (Lipinski definition) is 0. The number of rotatable bonds is 5. The van der Waals surface area contributed by atoms with Gasteiger partial charge in [-0.1, -0.05) is 84.6 Å². The highest BCUT2D eigenvalue weighted by atomic mass is 32.2. The number of thioether (sulfide) groups is 1. The van der Waals surface area contributed by atoms with E-state index in [1.165, 1.54) is 18.9 Å². The molecule has 38 heavy (non-hydrogen) atoms. The lowest BCUT2D eigenvalue weighted by atomic mass is 10.1. The molecule has 1 aliphatic rings. The molecule has 0 unspecified atom stereocenters. The Hall–Kier alpha value is -4.61. The number of carbonyl (C=O) groups is 2. The van der Waals surface area contributed by atoms with Gasteiger partial charge in [-0.05, 0) is 59.7 Å². The molecule has 5 aromatic rings. The highest BCUT2D eigenvalue weighted by Gasteiger charge is 2.27. The molecule has 0 N–H and O–H groups in total. The van der Waals surface area contributed by atoms with Gasteiger partial charge in [-0.25, -0.2) is 4.79 Å². The monoisotopic (exact) mass is 513 g/mol. The quantitative estimate of drug-likeness (QED) is 0.177. The zero-order chi connectivity index (χ0) is 26.1. The molecule has 0 fully saturated rings. The van der Waals surface area contributed by atoms with Crippen molar-refractivity contribution in [1.82, 2.24) is 4.57 Å². The first-order valence-corrected chi connectivity index (χ1v) is 13.0. The van der Waals surface area contributed by atoms with Gasteiger partial charge in [0.1, 0.15) is 0 Å². The molecule has 0 amide bonds. The molecule has 0 atom stereocenters. The second kappa shape index (κ2) is 10.0. The standard InChI is InChI=1S/C33H23NO3S/c1-37-33(36)24-16-18-26(19-17-24)34-28(22-10-4-2-5-11-22)20-25(31(34)23-12-6-3-7-13-23)21-30-32(35)27-14-8-9-15-29(27)38-30/h2-21H,1H3/b30-21-. The number of Topliss-reactive ketones (excluding diaryl/α,β-unsaturated/α-hetero) is 1. The molecule has 0 bridgehead atoms. The lowest BCUT2D eigenvalue weighted by Crippen LogP contribution is -2.03. The van der Waals surface area contributed by atoms with Crippen LogP contribution in [-0.4, -0.2) is 23.4 Å². The SMILES string of the molecule is COC(=O)c1ccc(-n2c(-c3ccccc3)cc(/C=C3\Sc4ccccc4C3=O)c2-c2ccccc2)cc1. The van der Waals surface area contributed by atoms with E-state index >= 15 is 0 Å². The molecule has 0 saturated heterocycles. The maximum Gasteiger partial charge on any atom is 0.337 e. The summed E-state index contributed by atoms with van der Waals surface area (Å²) in [5.41, 5.74) is 7.07. The topological polar surface area (TPSA) is 48.3 Å². The number of esters is 1. The first-order chi connectivity index (χ1) is 18.6. The molecule has 1 aromatic heterocycles. The average Bonchev–Trinajstić information content (AvgIpc) is 3.51. The van der Waals surface area contributed by atoms with Crippen LogP contribution in [0.2, 0.25) is 0 Å². The van der Waals surface area contributed by atoms with Gasteiger partial charge in [0.15, 0.2) is 0 Å². The third kappa shape index (κ3) is 4.27. The molecule has 184 valence electrons. The predicted octanol–water partition coefficient (Wildman–Crippen LogP) is 7.93. The fraction of sp³-hybridized carbons (Fsp3) is 0.0303. The van der Waals surface area contributed by atoms with E-state index in [-0.39, 0.29) is 11.8 Å². The Bertz CT molecular complexity index is 1680. The molecule has 6 rings (SSSR count). The fourth-order valence-electron chi connectivity index (χ4n) is 4.76. The molecule has 2 heterocycles. The molecule has 0 spiro atoms. The highest BCUT2D eigenvalue weighted by Crippen LogP contribution is 2.43. The van der Waals surface area contributed by atoms with Crippen LogP contribution in [0.4, 0.5) is 0 Å². The van der Waals surface area contributed by atoms with Crippen LogP contribution in [0.1, 0.15) is 26.3 Å². The van der Waals surface area contributed by atoms with Gasteiger partial charge in [0.05, 0.1) is 29.0 Å². The number of carbonyl (C=O) groups excluding carboxylic acids is 2. The number of nitrogens with zero attached hydrogens (tertiary/aromatic N) is 1. The van der Waals surface area contributed by atoms with Gasteiger partial charge < -0.3 is 9.30 Å². The van der Waals surface area contributed by atoms with E-state index in [0.717, 1.165) is 44.2 Å².